The molecule has 7 heteroatoms. The largest absolute Gasteiger partial charge is 0.532 e. The van der Waals surface area contributed by atoms with Gasteiger partial charge in [0.1, 0.15) is 0 Å². The maximum absolute atomic E-state index is 15.1. The lowest BCUT2D eigenvalue weighted by Gasteiger charge is -2.39. The highest BCUT2D eigenvalue weighted by molar-refractivity contribution is 6.63. The summed E-state index contributed by atoms with van der Waals surface area (Å²) in [7, 11) is 0. The van der Waals surface area contributed by atoms with Crippen molar-refractivity contribution in [2.24, 2.45) is 0 Å². The molecule has 3 rings (SSSR count). The Kier molecular flexibility index (Phi) is 3.82. The summed E-state index contributed by atoms with van der Waals surface area (Å²) in [6, 6.07) is 5.29. The quantitative estimate of drug-likeness (QED) is 0.864. The molecule has 124 valence electrons. The van der Waals surface area contributed by atoms with E-state index in [4.69, 9.17) is 0 Å². The van der Waals surface area contributed by atoms with E-state index < -0.39 is 6.97 Å². The molecule has 0 atom stereocenters. The Hall–Kier alpha value is -2.05. The van der Waals surface area contributed by atoms with Crippen LogP contribution in [0.15, 0.2) is 18.2 Å². The molecular weight excluding hydrogens is 299 g/mol. The van der Waals surface area contributed by atoms with Gasteiger partial charge in [-0.2, -0.15) is 0 Å². The van der Waals surface area contributed by atoms with Gasteiger partial charge >= 0.3 is 6.97 Å². The van der Waals surface area contributed by atoms with Crippen molar-refractivity contribution in [1.82, 2.24) is 14.3 Å². The molecule has 0 saturated heterocycles. The van der Waals surface area contributed by atoms with Crippen LogP contribution in [0, 0.1) is 13.8 Å². The average Bonchev–Trinajstić information content (AvgIpc) is 3.00. The third-order valence-corrected chi connectivity index (χ3v) is 4.59. The van der Waals surface area contributed by atoms with Crippen LogP contribution in [-0.2, 0) is 17.6 Å². The number of halogens is 2. The molecule has 0 fully saturated rings. The number of hydrogen-bond acceptors (Lipinski definition) is 1. The Labute approximate surface area is 134 Å². The van der Waals surface area contributed by atoms with Gasteiger partial charge in [-0.1, -0.05) is 0 Å². The summed E-state index contributed by atoms with van der Waals surface area (Å²) in [5, 5.41) is 2.70. The van der Waals surface area contributed by atoms with E-state index in [-0.39, 0.29) is 12.3 Å². The van der Waals surface area contributed by atoms with Crippen LogP contribution in [-0.4, -0.2) is 28.4 Å². The number of hydrogen-bond donors (Lipinski definition) is 1. The summed E-state index contributed by atoms with van der Waals surface area (Å²) in [4.78, 5) is 11.6. The summed E-state index contributed by atoms with van der Waals surface area (Å²) >= 11 is 0. The topological polar surface area (TPSA) is 39.0 Å². The predicted octanol–water partition coefficient (Wildman–Crippen LogP) is 2.65. The Bertz CT molecular complexity index is 764. The van der Waals surface area contributed by atoms with Crippen molar-refractivity contribution >= 4 is 12.9 Å². The average molecular weight is 320 g/mol. The first-order valence-corrected chi connectivity index (χ1v) is 8.01. The maximum atomic E-state index is 15.1. The van der Waals surface area contributed by atoms with Gasteiger partial charge in [-0.05, 0) is 73.7 Å². The van der Waals surface area contributed by atoms with Crippen LogP contribution in [0.3, 0.4) is 0 Å². The van der Waals surface area contributed by atoms with E-state index in [2.05, 4.69) is 5.32 Å². The molecule has 0 bridgehead atoms. The van der Waals surface area contributed by atoms with E-state index in [0.717, 1.165) is 10.0 Å². The third-order valence-electron chi connectivity index (χ3n) is 4.59. The van der Waals surface area contributed by atoms with Gasteiger partial charge in [0, 0.05) is 19.4 Å². The Balaban J connectivity index is 1.95. The lowest BCUT2D eigenvalue weighted by Crippen LogP contribution is -2.49. The molecule has 1 N–H and O–H groups in total. The van der Waals surface area contributed by atoms with E-state index in [1.165, 1.54) is 4.48 Å². The van der Waals surface area contributed by atoms with Crippen LogP contribution in [0.4, 0.5) is 8.63 Å². The monoisotopic (exact) mass is 320 g/mol. The van der Waals surface area contributed by atoms with Gasteiger partial charge in [-0.15, -0.1) is 0 Å². The van der Waals surface area contributed by atoms with Gasteiger partial charge < -0.3 is 22.9 Å². The van der Waals surface area contributed by atoms with Crippen molar-refractivity contribution in [3.63, 3.8) is 0 Å². The zero-order valence-corrected chi connectivity index (χ0v) is 13.7. The lowest BCUT2D eigenvalue weighted by molar-refractivity contribution is -0.120. The fraction of sp³-hybridized carbons (Fsp3) is 0.438. The van der Waals surface area contributed by atoms with Crippen LogP contribution < -0.4 is 5.32 Å². The molecule has 1 amide bonds. The van der Waals surface area contributed by atoms with Gasteiger partial charge in [-0.3, -0.25) is 4.79 Å². The summed E-state index contributed by atoms with van der Waals surface area (Å²) in [5.74, 6) is -0.108. The number of carbonyl (C=O) groups is 1. The molecule has 2 aromatic rings. The van der Waals surface area contributed by atoms with Gasteiger partial charge in [0.25, 0.3) is 0 Å². The highest BCUT2D eigenvalue weighted by atomic mass is 19.2. The Morgan fingerprint density at radius 1 is 1.30 bits per heavy atom. The molecule has 2 aromatic heterocycles. The molecule has 3 heterocycles. The first kappa shape index (κ1) is 15.8. The molecule has 0 spiro atoms. The minimum atomic E-state index is -3.90. The number of nitrogens with one attached hydrogen (secondary N) is 1. The summed E-state index contributed by atoms with van der Waals surface area (Å²) in [6.07, 6.45) is 1.04. The molecule has 0 unspecified atom stereocenters. The number of aryl methyl sites for hydroxylation is 3. The second-order valence-corrected chi connectivity index (χ2v) is 6.19. The first-order valence-electron chi connectivity index (χ1n) is 8.01. The first-order chi connectivity index (χ1) is 10.9. The number of aromatic nitrogens is 2. The van der Waals surface area contributed by atoms with Crippen LogP contribution in [0.1, 0.15) is 41.7 Å². The van der Waals surface area contributed by atoms with Gasteiger partial charge in [0.15, 0.2) is 0 Å². The van der Waals surface area contributed by atoms with Crippen LogP contribution >= 0.6 is 0 Å². The molecule has 23 heavy (non-hydrogen) atoms. The third kappa shape index (κ3) is 2.48. The van der Waals surface area contributed by atoms with Crippen LogP contribution in [0.5, 0.6) is 0 Å². The minimum absolute atomic E-state index is 0.108. The number of nitrogens with zero attached hydrogens (tertiary/aromatic N) is 2. The summed E-state index contributed by atoms with van der Waals surface area (Å²) < 4.78 is 32.6. The van der Waals surface area contributed by atoms with E-state index in [1.54, 1.807) is 19.1 Å². The molecule has 1 aliphatic rings. The van der Waals surface area contributed by atoms with Crippen molar-refractivity contribution < 1.29 is 13.4 Å². The van der Waals surface area contributed by atoms with Gasteiger partial charge in [0.05, 0.1) is 0 Å². The fourth-order valence-corrected chi connectivity index (χ4v) is 3.62. The number of carbonyl (C=O) groups excluding carboxylic acids is 1. The van der Waals surface area contributed by atoms with Crippen molar-refractivity contribution in [1.29, 1.82) is 0 Å². The predicted molar refractivity (Wildman–Crippen MR) is 86.9 cm³/mol. The molecule has 0 saturated carbocycles. The zero-order chi connectivity index (χ0) is 16.8. The molecule has 0 aliphatic carbocycles. The minimum Gasteiger partial charge on any atom is -0.447 e. The summed E-state index contributed by atoms with van der Waals surface area (Å²) in [6.45, 7) is 2.08. The van der Waals surface area contributed by atoms with E-state index in [9.17, 15) is 4.79 Å². The highest BCUT2D eigenvalue weighted by Gasteiger charge is 2.39. The van der Waals surface area contributed by atoms with Gasteiger partial charge in [-0.25, -0.2) is 0 Å². The SMILES string of the molecule is CCNC(=O)CCc1ccc2n1[B-](F)(F)n1c(C)cc(C)c1C2. The maximum Gasteiger partial charge on any atom is 0.532 e. The van der Waals surface area contributed by atoms with Crippen molar-refractivity contribution in [2.45, 2.75) is 40.0 Å². The molecule has 0 radical (unpaired) electrons. The number of fused-ring (bicyclic) bond motifs is 2. The van der Waals surface area contributed by atoms with Crippen LogP contribution in [0.2, 0.25) is 0 Å². The Morgan fingerprint density at radius 3 is 2.74 bits per heavy atom. The normalized spacial score (nSPS) is 15.2. The van der Waals surface area contributed by atoms with Gasteiger partial charge in [0.2, 0.25) is 5.91 Å². The second-order valence-electron chi connectivity index (χ2n) is 6.19. The molecule has 4 nitrogen and oxygen atoms in total. The number of rotatable bonds is 4. The smallest absolute Gasteiger partial charge is 0.447 e. The van der Waals surface area contributed by atoms with Crippen molar-refractivity contribution in [3.05, 3.63) is 46.5 Å². The Morgan fingerprint density at radius 2 is 2.04 bits per heavy atom. The van der Waals surface area contributed by atoms with Crippen LogP contribution in [0.25, 0.3) is 0 Å². The second kappa shape index (κ2) is 5.55. The summed E-state index contributed by atoms with van der Waals surface area (Å²) in [5.41, 5.74) is 3.31. The lowest BCUT2D eigenvalue weighted by atomic mass is 9.89. The van der Waals surface area contributed by atoms with E-state index in [1.807, 2.05) is 19.9 Å². The van der Waals surface area contributed by atoms with Crippen molar-refractivity contribution in [2.75, 3.05) is 6.54 Å². The number of amides is 1. The van der Waals surface area contributed by atoms with Crippen molar-refractivity contribution in [3.8, 4) is 0 Å². The molecule has 0 aromatic carbocycles. The molecule has 1 aliphatic heterocycles. The molecular formula is C16H21BF2N3O-. The fourth-order valence-electron chi connectivity index (χ4n) is 3.62. The zero-order valence-electron chi connectivity index (χ0n) is 13.7. The highest BCUT2D eigenvalue weighted by Crippen LogP contribution is 2.33. The standard InChI is InChI=1S/C16H21BF2N3O/c1-4-20-16(23)8-7-13-5-6-14-10-15-11(2)9-12(3)21(15)17(18,19)22(13)14/h5-6,9H,4,7-8,10H2,1-3H3,(H,20,23)/q-1. The van der Waals surface area contributed by atoms with E-state index >= 15 is 8.63 Å². The van der Waals surface area contributed by atoms with E-state index in [0.29, 0.717) is 42.2 Å².